The second kappa shape index (κ2) is 9.01. The number of aliphatic hydroxyl groups is 1. The van der Waals surface area contributed by atoms with Crippen molar-refractivity contribution in [1.82, 2.24) is 5.06 Å². The van der Waals surface area contributed by atoms with E-state index in [4.69, 9.17) is 14.3 Å². The number of aliphatic hydroxyl groups excluding tert-OH is 1. The molecule has 9 atom stereocenters. The van der Waals surface area contributed by atoms with Gasteiger partial charge in [0, 0.05) is 18.8 Å². The van der Waals surface area contributed by atoms with E-state index >= 15 is 0 Å². The summed E-state index contributed by atoms with van der Waals surface area (Å²) in [5, 5.41) is 11.9. The molecule has 6 aliphatic rings. The van der Waals surface area contributed by atoms with Crippen LogP contribution < -0.4 is 0 Å². The standard InChI is InChI=1S/C29H41NO8/c1-27(2)22-5-4-19-17-15-21(31)20-14-16(10-12-28(20,3)18(17)11-13-29(19,22)38-27)36-25(34)8-9-26(35)37-30-23(32)6-7-24(30)33/h16-22,31H,4-15H2,1-3H3/t16-,17+,18-,19-,20+,21-,22?,28+,29+/m0/s1. The lowest BCUT2D eigenvalue weighted by molar-refractivity contribution is -0.337. The molecule has 0 aromatic heterocycles. The molecule has 6 fully saturated rings. The SMILES string of the molecule is CC1(C)O[C@]23CC[C@H]4[C@@H](C[C@H](O)[C@H]5C[C@@H](OC(=O)CCC(=O)ON6C(=O)CCC6=O)CC[C@@]54C)[C@@H]2CCC13. The number of ether oxygens (including phenoxy) is 2. The van der Waals surface area contributed by atoms with Crippen LogP contribution in [0.1, 0.15) is 97.8 Å². The molecule has 1 unspecified atom stereocenters. The van der Waals surface area contributed by atoms with Crippen molar-refractivity contribution >= 4 is 23.8 Å². The van der Waals surface area contributed by atoms with Crippen molar-refractivity contribution in [2.75, 3.05) is 0 Å². The lowest BCUT2D eigenvalue weighted by Gasteiger charge is -2.67. The fourth-order valence-electron chi connectivity index (χ4n) is 9.88. The van der Waals surface area contributed by atoms with Crippen LogP contribution in [0.15, 0.2) is 0 Å². The maximum absolute atomic E-state index is 12.5. The predicted molar refractivity (Wildman–Crippen MR) is 133 cm³/mol. The summed E-state index contributed by atoms with van der Waals surface area (Å²) in [5.74, 6) is -0.111. The molecule has 2 aliphatic heterocycles. The largest absolute Gasteiger partial charge is 0.462 e. The molecular weight excluding hydrogens is 490 g/mol. The highest BCUT2D eigenvalue weighted by molar-refractivity contribution is 6.01. The third-order valence-electron chi connectivity index (χ3n) is 11.4. The molecule has 2 heterocycles. The van der Waals surface area contributed by atoms with E-state index in [1.807, 2.05) is 0 Å². The predicted octanol–water partition coefficient (Wildman–Crippen LogP) is 3.46. The van der Waals surface area contributed by atoms with Gasteiger partial charge in [0.05, 0.1) is 30.1 Å². The normalized spacial score (nSPS) is 44.8. The summed E-state index contributed by atoms with van der Waals surface area (Å²) >= 11 is 0. The van der Waals surface area contributed by atoms with Gasteiger partial charge >= 0.3 is 11.9 Å². The van der Waals surface area contributed by atoms with Gasteiger partial charge in [-0.15, -0.1) is 5.06 Å². The Labute approximate surface area is 223 Å². The highest BCUT2D eigenvalue weighted by atomic mass is 16.7. The van der Waals surface area contributed by atoms with Crippen LogP contribution in [0, 0.1) is 35.0 Å². The number of hydrogen-bond acceptors (Lipinski definition) is 8. The Balaban J connectivity index is 1.04. The topological polar surface area (TPSA) is 119 Å². The van der Waals surface area contributed by atoms with E-state index in [-0.39, 0.29) is 54.3 Å². The van der Waals surface area contributed by atoms with Crippen molar-refractivity contribution in [2.45, 2.75) is 121 Å². The van der Waals surface area contributed by atoms with Crippen molar-refractivity contribution in [2.24, 2.45) is 35.0 Å². The van der Waals surface area contributed by atoms with Crippen LogP contribution in [0.3, 0.4) is 0 Å². The maximum atomic E-state index is 12.5. The first-order chi connectivity index (χ1) is 17.9. The quantitative estimate of drug-likeness (QED) is 0.423. The summed E-state index contributed by atoms with van der Waals surface area (Å²) in [7, 11) is 0. The molecule has 9 nitrogen and oxygen atoms in total. The fraction of sp³-hybridized carbons (Fsp3) is 0.862. The van der Waals surface area contributed by atoms with Gasteiger partial charge in [0.2, 0.25) is 0 Å². The first-order valence-corrected chi connectivity index (χ1v) is 14.6. The van der Waals surface area contributed by atoms with Gasteiger partial charge in [-0.05, 0) is 94.3 Å². The summed E-state index contributed by atoms with van der Waals surface area (Å²) in [5.41, 5.74) is 0.0165. The Morgan fingerprint density at radius 3 is 2.34 bits per heavy atom. The third kappa shape index (κ3) is 3.94. The molecule has 0 bridgehead atoms. The highest BCUT2D eigenvalue weighted by Gasteiger charge is 2.71. The van der Waals surface area contributed by atoms with Gasteiger partial charge in [-0.3, -0.25) is 14.4 Å². The molecule has 1 spiro atoms. The molecule has 38 heavy (non-hydrogen) atoms. The van der Waals surface area contributed by atoms with E-state index in [1.165, 1.54) is 12.8 Å². The zero-order valence-corrected chi connectivity index (χ0v) is 22.8. The van der Waals surface area contributed by atoms with Crippen LogP contribution in [0.2, 0.25) is 0 Å². The lowest BCUT2D eigenvalue weighted by atomic mass is 9.44. The zero-order chi connectivity index (χ0) is 27.0. The molecule has 0 radical (unpaired) electrons. The summed E-state index contributed by atoms with van der Waals surface area (Å²) in [6, 6.07) is 0. The van der Waals surface area contributed by atoms with Gasteiger partial charge < -0.3 is 19.4 Å². The Hall–Kier alpha value is -2.00. The molecule has 210 valence electrons. The average Bonchev–Trinajstić information content (AvgIpc) is 3.35. The number of hydroxylamine groups is 2. The zero-order valence-electron chi connectivity index (χ0n) is 22.8. The van der Waals surface area contributed by atoms with Gasteiger partial charge in [-0.2, -0.15) is 0 Å². The van der Waals surface area contributed by atoms with Gasteiger partial charge in [0.15, 0.2) is 0 Å². The molecule has 0 aromatic carbocycles. The van der Waals surface area contributed by atoms with Crippen LogP contribution in [0.25, 0.3) is 0 Å². The smallest absolute Gasteiger partial charge is 0.333 e. The molecule has 4 saturated carbocycles. The van der Waals surface area contributed by atoms with Crippen LogP contribution in [-0.2, 0) is 33.5 Å². The average molecular weight is 532 g/mol. The van der Waals surface area contributed by atoms with E-state index in [1.54, 1.807) is 0 Å². The number of carbonyl (C=O) groups excluding carboxylic acids is 4. The van der Waals surface area contributed by atoms with E-state index in [0.717, 1.165) is 32.1 Å². The molecule has 2 amide bonds. The number of esters is 1. The number of nitrogens with zero attached hydrogens (tertiary/aromatic N) is 1. The van der Waals surface area contributed by atoms with Crippen molar-refractivity contribution < 1.29 is 38.6 Å². The Bertz CT molecular complexity index is 1030. The minimum absolute atomic E-state index is 0.0167. The minimum atomic E-state index is -0.807. The van der Waals surface area contributed by atoms with E-state index < -0.39 is 29.9 Å². The lowest BCUT2D eigenvalue weighted by Crippen LogP contribution is -2.70. The molecular formula is C29H41NO8. The summed E-state index contributed by atoms with van der Waals surface area (Å²) in [4.78, 5) is 52.6. The molecule has 0 aromatic rings. The minimum Gasteiger partial charge on any atom is -0.462 e. The number of amides is 2. The van der Waals surface area contributed by atoms with Gasteiger partial charge in [0.25, 0.3) is 11.8 Å². The van der Waals surface area contributed by atoms with Crippen LogP contribution in [-0.4, -0.2) is 57.3 Å². The van der Waals surface area contributed by atoms with Crippen LogP contribution in [0.5, 0.6) is 0 Å². The third-order valence-corrected chi connectivity index (χ3v) is 11.4. The number of fused-ring (bicyclic) bond motifs is 4. The Kier molecular flexibility index (Phi) is 6.22. The summed E-state index contributed by atoms with van der Waals surface area (Å²) in [6.45, 7) is 6.81. The van der Waals surface area contributed by atoms with Crippen molar-refractivity contribution in [3.63, 3.8) is 0 Å². The van der Waals surface area contributed by atoms with Crippen molar-refractivity contribution in [3.05, 3.63) is 0 Å². The number of hydrogen-bond donors (Lipinski definition) is 1. The van der Waals surface area contributed by atoms with Gasteiger partial charge in [0.1, 0.15) is 6.10 Å². The van der Waals surface area contributed by atoms with E-state index in [9.17, 15) is 24.3 Å². The van der Waals surface area contributed by atoms with E-state index in [0.29, 0.717) is 35.2 Å². The van der Waals surface area contributed by atoms with Crippen molar-refractivity contribution in [3.8, 4) is 0 Å². The van der Waals surface area contributed by atoms with Gasteiger partial charge in [-0.1, -0.05) is 6.92 Å². The Morgan fingerprint density at radius 1 is 0.921 bits per heavy atom. The number of imide groups is 1. The van der Waals surface area contributed by atoms with Gasteiger partial charge in [-0.25, -0.2) is 4.79 Å². The molecule has 9 heteroatoms. The molecule has 4 aliphatic carbocycles. The number of rotatable bonds is 5. The van der Waals surface area contributed by atoms with Crippen LogP contribution >= 0.6 is 0 Å². The monoisotopic (exact) mass is 531 g/mol. The summed E-state index contributed by atoms with van der Waals surface area (Å²) in [6.07, 6.45) is 6.68. The molecule has 2 saturated heterocycles. The van der Waals surface area contributed by atoms with Crippen LogP contribution in [0.4, 0.5) is 0 Å². The van der Waals surface area contributed by atoms with E-state index in [2.05, 4.69) is 20.8 Å². The highest BCUT2D eigenvalue weighted by Crippen LogP contribution is 2.70. The summed E-state index contributed by atoms with van der Waals surface area (Å²) < 4.78 is 12.4. The van der Waals surface area contributed by atoms with Crippen molar-refractivity contribution in [1.29, 1.82) is 0 Å². The first kappa shape index (κ1) is 26.2. The first-order valence-electron chi connectivity index (χ1n) is 14.6. The maximum Gasteiger partial charge on any atom is 0.333 e. The molecule has 6 rings (SSSR count). The second-order valence-corrected chi connectivity index (χ2v) is 13.6. The molecule has 1 N–H and O–H groups in total. The number of carbonyl (C=O) groups is 4. The Morgan fingerprint density at radius 2 is 1.63 bits per heavy atom. The fourth-order valence-corrected chi connectivity index (χ4v) is 9.88. The second-order valence-electron chi connectivity index (χ2n) is 13.6.